The molecule has 1 N–H and O–H groups in total. The number of furan rings is 1. The molecule has 0 atom stereocenters. The van der Waals surface area contributed by atoms with Gasteiger partial charge >= 0.3 is 0 Å². The number of aryl methyl sites for hydroxylation is 1. The first-order chi connectivity index (χ1) is 10.3. The largest absolute Gasteiger partial charge is 0.469 e. The van der Waals surface area contributed by atoms with Gasteiger partial charge in [-0.2, -0.15) is 0 Å². The third-order valence-electron chi connectivity index (χ3n) is 3.82. The van der Waals surface area contributed by atoms with Crippen LogP contribution in [0, 0.1) is 0 Å². The molecule has 2 aromatic rings. The Morgan fingerprint density at radius 1 is 1.33 bits per heavy atom. The molecule has 2 heterocycles. The molecule has 5 nitrogen and oxygen atoms in total. The number of hydrogen-bond donors (Lipinski definition) is 1. The number of hydrogen-bond acceptors (Lipinski definition) is 5. The van der Waals surface area contributed by atoms with Gasteiger partial charge in [-0.3, -0.25) is 4.79 Å². The molecule has 0 aliphatic heterocycles. The molecule has 0 spiro atoms. The van der Waals surface area contributed by atoms with Crippen molar-refractivity contribution in [1.82, 2.24) is 10.2 Å². The van der Waals surface area contributed by atoms with Crippen molar-refractivity contribution in [2.75, 3.05) is 5.32 Å². The predicted octanol–water partition coefficient (Wildman–Crippen LogP) is 3.75. The molecule has 2 aromatic heterocycles. The zero-order chi connectivity index (χ0) is 14.5. The summed E-state index contributed by atoms with van der Waals surface area (Å²) in [6, 6.07) is 3.70. The molecule has 1 aliphatic carbocycles. The fourth-order valence-electron chi connectivity index (χ4n) is 2.67. The zero-order valence-electron chi connectivity index (χ0n) is 11.9. The van der Waals surface area contributed by atoms with Crippen LogP contribution in [0.2, 0.25) is 0 Å². The van der Waals surface area contributed by atoms with Crippen molar-refractivity contribution in [2.45, 2.75) is 50.9 Å². The monoisotopic (exact) mass is 305 g/mol. The average molecular weight is 305 g/mol. The van der Waals surface area contributed by atoms with Crippen LogP contribution < -0.4 is 5.32 Å². The Labute approximate surface area is 127 Å². The molecule has 112 valence electrons. The van der Waals surface area contributed by atoms with Gasteiger partial charge < -0.3 is 9.73 Å². The Hall–Kier alpha value is -1.69. The molecule has 0 radical (unpaired) electrons. The minimum atomic E-state index is -0.0438. The summed E-state index contributed by atoms with van der Waals surface area (Å²) < 4.78 is 5.21. The van der Waals surface area contributed by atoms with Crippen molar-refractivity contribution in [3.05, 3.63) is 29.2 Å². The van der Waals surface area contributed by atoms with Gasteiger partial charge in [0.2, 0.25) is 11.0 Å². The second-order valence-corrected chi connectivity index (χ2v) is 6.42. The van der Waals surface area contributed by atoms with E-state index in [2.05, 4.69) is 15.5 Å². The van der Waals surface area contributed by atoms with Crippen LogP contribution in [0.3, 0.4) is 0 Å². The summed E-state index contributed by atoms with van der Waals surface area (Å²) in [5.74, 6) is 1.31. The van der Waals surface area contributed by atoms with E-state index < -0.39 is 0 Å². The van der Waals surface area contributed by atoms with Crippen LogP contribution in [-0.4, -0.2) is 16.1 Å². The summed E-state index contributed by atoms with van der Waals surface area (Å²) >= 11 is 1.51. The van der Waals surface area contributed by atoms with Gasteiger partial charge in [0.1, 0.15) is 10.8 Å². The van der Waals surface area contributed by atoms with Crippen LogP contribution in [0.25, 0.3) is 0 Å². The van der Waals surface area contributed by atoms with Gasteiger partial charge in [-0.15, -0.1) is 10.2 Å². The highest BCUT2D eigenvalue weighted by Crippen LogP contribution is 2.35. The van der Waals surface area contributed by atoms with Gasteiger partial charge in [-0.05, 0) is 25.0 Å². The van der Waals surface area contributed by atoms with E-state index in [0.717, 1.165) is 10.8 Å². The number of rotatable bonds is 5. The molecule has 3 rings (SSSR count). The molecule has 21 heavy (non-hydrogen) atoms. The third-order valence-corrected chi connectivity index (χ3v) is 4.82. The van der Waals surface area contributed by atoms with Gasteiger partial charge in [-0.25, -0.2) is 0 Å². The van der Waals surface area contributed by atoms with Gasteiger partial charge in [-0.1, -0.05) is 30.6 Å². The van der Waals surface area contributed by atoms with E-state index in [0.29, 0.717) is 23.9 Å². The molecular formula is C15H19N3O2S. The first-order valence-electron chi connectivity index (χ1n) is 7.47. The summed E-state index contributed by atoms with van der Waals surface area (Å²) in [6.45, 7) is 0. The van der Waals surface area contributed by atoms with Crippen molar-refractivity contribution in [3.8, 4) is 0 Å². The van der Waals surface area contributed by atoms with E-state index >= 15 is 0 Å². The summed E-state index contributed by atoms with van der Waals surface area (Å²) in [5.41, 5.74) is 0. The van der Waals surface area contributed by atoms with Crippen LogP contribution in [0.4, 0.5) is 5.13 Å². The number of amides is 1. The summed E-state index contributed by atoms with van der Waals surface area (Å²) in [5, 5.41) is 12.8. The quantitative estimate of drug-likeness (QED) is 0.913. The van der Waals surface area contributed by atoms with E-state index in [1.54, 1.807) is 6.26 Å². The maximum absolute atomic E-state index is 11.9. The van der Waals surface area contributed by atoms with Crippen molar-refractivity contribution in [2.24, 2.45) is 0 Å². The van der Waals surface area contributed by atoms with Gasteiger partial charge in [0.25, 0.3) is 0 Å². The lowest BCUT2D eigenvalue weighted by Gasteiger charge is -2.18. The molecule has 1 amide bonds. The lowest BCUT2D eigenvalue weighted by Crippen LogP contribution is -2.11. The third kappa shape index (κ3) is 3.91. The first kappa shape index (κ1) is 14.3. The van der Waals surface area contributed by atoms with Gasteiger partial charge in [0.15, 0.2) is 0 Å². The van der Waals surface area contributed by atoms with Crippen molar-refractivity contribution in [1.29, 1.82) is 0 Å². The minimum absolute atomic E-state index is 0.0438. The van der Waals surface area contributed by atoms with Crippen LogP contribution in [-0.2, 0) is 11.2 Å². The highest BCUT2D eigenvalue weighted by Gasteiger charge is 2.20. The Bertz CT molecular complexity index is 574. The van der Waals surface area contributed by atoms with E-state index in [-0.39, 0.29) is 5.91 Å². The maximum atomic E-state index is 11.9. The van der Waals surface area contributed by atoms with Crippen LogP contribution >= 0.6 is 11.3 Å². The number of carbonyl (C=O) groups excluding carboxylic acids is 1. The Morgan fingerprint density at radius 2 is 2.19 bits per heavy atom. The summed E-state index contributed by atoms with van der Waals surface area (Å²) in [6.07, 6.45) is 8.88. The number of anilines is 1. The normalized spacial score (nSPS) is 16.0. The van der Waals surface area contributed by atoms with Crippen LogP contribution in [0.15, 0.2) is 22.8 Å². The van der Waals surface area contributed by atoms with Crippen molar-refractivity contribution in [3.63, 3.8) is 0 Å². The number of nitrogens with one attached hydrogen (secondary N) is 1. The number of aromatic nitrogens is 2. The smallest absolute Gasteiger partial charge is 0.226 e. The standard InChI is InChI=1S/C15H19N3O2S/c19-13(9-8-12-7-4-10-20-12)16-15-18-17-14(21-15)11-5-2-1-3-6-11/h4,7,10-11H,1-3,5-6,8-9H2,(H,16,18,19). The molecular weight excluding hydrogens is 286 g/mol. The van der Waals surface area contributed by atoms with Crippen LogP contribution in [0.5, 0.6) is 0 Å². The predicted molar refractivity (Wildman–Crippen MR) is 81.4 cm³/mol. The van der Waals surface area contributed by atoms with E-state index in [9.17, 15) is 4.79 Å². The Morgan fingerprint density at radius 3 is 2.95 bits per heavy atom. The minimum Gasteiger partial charge on any atom is -0.469 e. The number of nitrogens with zero attached hydrogens (tertiary/aromatic N) is 2. The van der Waals surface area contributed by atoms with E-state index in [1.807, 2.05) is 12.1 Å². The zero-order valence-corrected chi connectivity index (χ0v) is 12.7. The van der Waals surface area contributed by atoms with E-state index in [1.165, 1.54) is 43.4 Å². The highest BCUT2D eigenvalue weighted by atomic mass is 32.1. The molecule has 0 saturated heterocycles. The highest BCUT2D eigenvalue weighted by molar-refractivity contribution is 7.15. The van der Waals surface area contributed by atoms with E-state index in [4.69, 9.17) is 4.42 Å². The molecule has 6 heteroatoms. The van der Waals surface area contributed by atoms with Crippen LogP contribution in [0.1, 0.15) is 55.2 Å². The molecule has 1 fully saturated rings. The molecule has 0 unspecified atom stereocenters. The summed E-state index contributed by atoms with van der Waals surface area (Å²) in [7, 11) is 0. The first-order valence-corrected chi connectivity index (χ1v) is 8.28. The molecule has 1 saturated carbocycles. The lowest BCUT2D eigenvalue weighted by molar-refractivity contribution is -0.116. The van der Waals surface area contributed by atoms with Crippen molar-refractivity contribution < 1.29 is 9.21 Å². The maximum Gasteiger partial charge on any atom is 0.226 e. The lowest BCUT2D eigenvalue weighted by atomic mass is 9.90. The van der Waals surface area contributed by atoms with Gasteiger partial charge in [0.05, 0.1) is 6.26 Å². The second-order valence-electron chi connectivity index (χ2n) is 5.41. The van der Waals surface area contributed by atoms with Crippen molar-refractivity contribution >= 4 is 22.4 Å². The molecule has 1 aliphatic rings. The Kier molecular flexibility index (Phi) is 4.65. The SMILES string of the molecule is O=C(CCc1ccco1)Nc1nnc(C2CCCCC2)s1. The number of carbonyl (C=O) groups is 1. The summed E-state index contributed by atoms with van der Waals surface area (Å²) in [4.78, 5) is 11.9. The fourth-order valence-corrected chi connectivity index (χ4v) is 3.60. The fraction of sp³-hybridized carbons (Fsp3) is 0.533. The molecule has 0 aromatic carbocycles. The average Bonchev–Trinajstić information content (AvgIpc) is 3.17. The topological polar surface area (TPSA) is 68.0 Å². The van der Waals surface area contributed by atoms with Gasteiger partial charge in [0, 0.05) is 18.8 Å². The molecule has 0 bridgehead atoms. The second kappa shape index (κ2) is 6.85. The Balaban J connectivity index is 1.50.